The number of anilines is 1. The molecule has 1 amide bonds. The molecule has 150 valence electrons. The summed E-state index contributed by atoms with van der Waals surface area (Å²) in [5.41, 5.74) is 4.70. The second-order valence-corrected chi connectivity index (χ2v) is 7.30. The number of likely N-dealkylation sites (tertiary alicyclic amines) is 1. The fourth-order valence-electron chi connectivity index (χ4n) is 3.54. The molecule has 0 spiro atoms. The van der Waals surface area contributed by atoms with Crippen molar-refractivity contribution in [3.8, 4) is 0 Å². The van der Waals surface area contributed by atoms with Crippen LogP contribution in [-0.4, -0.2) is 51.9 Å². The van der Waals surface area contributed by atoms with E-state index >= 15 is 0 Å². The van der Waals surface area contributed by atoms with Crippen LogP contribution in [0.25, 0.3) is 11.0 Å². The highest BCUT2D eigenvalue weighted by Crippen LogP contribution is 2.19. The summed E-state index contributed by atoms with van der Waals surface area (Å²) in [7, 11) is 1.59. The minimum absolute atomic E-state index is 0.0387. The number of hydrogen-bond donors (Lipinski definition) is 3. The standard InChI is InChI=1S/C21H24N6O2/c1-3-14-7-18-19(26-20(14)28)6-13(8-23-18)10-27-11-16(12-27)25-15-4-5-17(24-9-15)21(29)22-2/h4-9,16,25H,3,10-12H2,1-2H3,(H,22,29)(H,26,28). The summed E-state index contributed by atoms with van der Waals surface area (Å²) in [5.74, 6) is -0.192. The monoisotopic (exact) mass is 392 g/mol. The van der Waals surface area contributed by atoms with Gasteiger partial charge in [-0.3, -0.25) is 19.5 Å². The molecule has 3 aromatic rings. The lowest BCUT2D eigenvalue weighted by atomic mass is 10.1. The van der Waals surface area contributed by atoms with Crippen LogP contribution >= 0.6 is 0 Å². The molecule has 4 rings (SSSR count). The Labute approximate surface area is 168 Å². The maximum absolute atomic E-state index is 12.0. The van der Waals surface area contributed by atoms with Crippen LogP contribution in [0.2, 0.25) is 0 Å². The molecule has 3 N–H and O–H groups in total. The third-order valence-corrected chi connectivity index (χ3v) is 5.16. The van der Waals surface area contributed by atoms with E-state index in [1.54, 1.807) is 19.3 Å². The lowest BCUT2D eigenvalue weighted by molar-refractivity contribution is 0.0958. The summed E-state index contributed by atoms with van der Waals surface area (Å²) < 4.78 is 0. The molecule has 0 saturated carbocycles. The van der Waals surface area contributed by atoms with Crippen LogP contribution in [0.15, 0.2) is 41.5 Å². The molecule has 8 heteroatoms. The number of carbonyl (C=O) groups is 1. The first-order valence-corrected chi connectivity index (χ1v) is 9.73. The van der Waals surface area contributed by atoms with Gasteiger partial charge in [0.15, 0.2) is 0 Å². The molecule has 1 aliphatic rings. The zero-order chi connectivity index (χ0) is 20.4. The molecule has 8 nitrogen and oxygen atoms in total. The first-order valence-electron chi connectivity index (χ1n) is 9.73. The summed E-state index contributed by atoms with van der Waals surface area (Å²) >= 11 is 0. The van der Waals surface area contributed by atoms with Gasteiger partial charge >= 0.3 is 0 Å². The van der Waals surface area contributed by atoms with Crippen LogP contribution in [0.1, 0.15) is 28.5 Å². The van der Waals surface area contributed by atoms with Gasteiger partial charge in [0.05, 0.1) is 29.0 Å². The predicted octanol–water partition coefficient (Wildman–Crippen LogP) is 1.54. The van der Waals surface area contributed by atoms with E-state index in [1.165, 1.54) is 0 Å². The van der Waals surface area contributed by atoms with Gasteiger partial charge in [-0.25, -0.2) is 4.98 Å². The van der Waals surface area contributed by atoms with Gasteiger partial charge < -0.3 is 15.6 Å². The van der Waals surface area contributed by atoms with E-state index in [4.69, 9.17) is 0 Å². The molecule has 29 heavy (non-hydrogen) atoms. The number of fused-ring (bicyclic) bond motifs is 1. The van der Waals surface area contributed by atoms with Crippen molar-refractivity contribution in [2.45, 2.75) is 25.9 Å². The number of nitrogens with one attached hydrogen (secondary N) is 3. The Kier molecular flexibility index (Phi) is 5.26. The van der Waals surface area contributed by atoms with Crippen LogP contribution in [0.3, 0.4) is 0 Å². The number of rotatable bonds is 6. The summed E-state index contributed by atoms with van der Waals surface area (Å²) in [5, 5.41) is 5.99. The highest BCUT2D eigenvalue weighted by molar-refractivity contribution is 5.92. The van der Waals surface area contributed by atoms with Crippen molar-refractivity contribution in [1.29, 1.82) is 0 Å². The average molecular weight is 392 g/mol. The highest BCUT2D eigenvalue weighted by atomic mass is 16.1. The number of carbonyl (C=O) groups excluding carboxylic acids is 1. The van der Waals surface area contributed by atoms with E-state index in [-0.39, 0.29) is 11.5 Å². The number of aromatic nitrogens is 3. The number of aryl methyl sites for hydroxylation is 1. The second-order valence-electron chi connectivity index (χ2n) is 7.30. The molecule has 1 fully saturated rings. The van der Waals surface area contributed by atoms with Crippen molar-refractivity contribution < 1.29 is 4.79 Å². The van der Waals surface area contributed by atoms with Crippen LogP contribution in [-0.2, 0) is 13.0 Å². The van der Waals surface area contributed by atoms with Gasteiger partial charge in [0.1, 0.15) is 5.69 Å². The Morgan fingerprint density at radius 1 is 1.24 bits per heavy atom. The summed E-state index contributed by atoms with van der Waals surface area (Å²) in [6.07, 6.45) is 4.25. The normalized spacial score (nSPS) is 14.6. The van der Waals surface area contributed by atoms with E-state index in [0.29, 0.717) is 18.2 Å². The first kappa shape index (κ1) is 19.1. The van der Waals surface area contributed by atoms with E-state index in [9.17, 15) is 9.59 Å². The highest BCUT2D eigenvalue weighted by Gasteiger charge is 2.26. The number of nitrogens with zero attached hydrogens (tertiary/aromatic N) is 3. The smallest absolute Gasteiger partial charge is 0.269 e. The van der Waals surface area contributed by atoms with Gasteiger partial charge in [0, 0.05) is 38.4 Å². The molecular weight excluding hydrogens is 368 g/mol. The third kappa shape index (κ3) is 4.12. The minimum atomic E-state index is -0.192. The van der Waals surface area contributed by atoms with Crippen LogP contribution in [0, 0.1) is 0 Å². The second kappa shape index (κ2) is 8.00. The molecule has 0 bridgehead atoms. The van der Waals surface area contributed by atoms with Gasteiger partial charge in [-0.1, -0.05) is 6.92 Å². The molecule has 0 aromatic carbocycles. The molecule has 0 radical (unpaired) electrons. The Morgan fingerprint density at radius 2 is 2.07 bits per heavy atom. The number of aromatic amines is 1. The molecule has 0 aliphatic carbocycles. The fraction of sp³-hybridized carbons (Fsp3) is 0.333. The van der Waals surface area contributed by atoms with Crippen LogP contribution in [0.5, 0.6) is 0 Å². The van der Waals surface area contributed by atoms with Crippen LogP contribution in [0.4, 0.5) is 5.69 Å². The van der Waals surface area contributed by atoms with Crippen molar-refractivity contribution in [2.24, 2.45) is 0 Å². The van der Waals surface area contributed by atoms with Gasteiger partial charge in [-0.15, -0.1) is 0 Å². The lowest BCUT2D eigenvalue weighted by Gasteiger charge is -2.40. The molecule has 0 atom stereocenters. The molecule has 1 aliphatic heterocycles. The van der Waals surface area contributed by atoms with Crippen molar-refractivity contribution in [3.05, 3.63) is 63.8 Å². The zero-order valence-corrected chi connectivity index (χ0v) is 16.5. The predicted molar refractivity (Wildman–Crippen MR) is 112 cm³/mol. The van der Waals surface area contributed by atoms with Crippen molar-refractivity contribution >= 4 is 22.6 Å². The fourth-order valence-corrected chi connectivity index (χ4v) is 3.54. The Morgan fingerprint density at radius 3 is 2.76 bits per heavy atom. The van der Waals surface area contributed by atoms with Gasteiger partial charge in [0.25, 0.3) is 11.5 Å². The summed E-state index contributed by atoms with van der Waals surface area (Å²) in [4.78, 5) is 37.5. The maximum Gasteiger partial charge on any atom is 0.269 e. The number of amides is 1. The van der Waals surface area contributed by atoms with Gasteiger partial charge in [-0.2, -0.15) is 0 Å². The van der Waals surface area contributed by atoms with Gasteiger partial charge in [0.2, 0.25) is 0 Å². The van der Waals surface area contributed by atoms with E-state index < -0.39 is 0 Å². The van der Waals surface area contributed by atoms with Crippen molar-refractivity contribution in [3.63, 3.8) is 0 Å². The topological polar surface area (TPSA) is 103 Å². The maximum atomic E-state index is 12.0. The molecule has 4 heterocycles. The summed E-state index contributed by atoms with van der Waals surface area (Å²) in [6, 6.07) is 7.79. The van der Waals surface area contributed by atoms with E-state index in [0.717, 1.165) is 47.5 Å². The van der Waals surface area contributed by atoms with Crippen LogP contribution < -0.4 is 16.2 Å². The van der Waals surface area contributed by atoms with E-state index in [1.807, 2.05) is 31.3 Å². The number of H-pyrrole nitrogens is 1. The number of pyridine rings is 3. The Balaban J connectivity index is 1.33. The number of hydrogen-bond acceptors (Lipinski definition) is 6. The third-order valence-electron chi connectivity index (χ3n) is 5.16. The van der Waals surface area contributed by atoms with Crippen molar-refractivity contribution in [1.82, 2.24) is 25.2 Å². The largest absolute Gasteiger partial charge is 0.378 e. The summed E-state index contributed by atoms with van der Waals surface area (Å²) in [6.45, 7) is 4.55. The van der Waals surface area contributed by atoms with Gasteiger partial charge in [-0.05, 0) is 36.2 Å². The zero-order valence-electron chi connectivity index (χ0n) is 16.5. The lowest BCUT2D eigenvalue weighted by Crippen LogP contribution is -2.54. The Bertz CT molecular complexity index is 1090. The molecule has 1 saturated heterocycles. The molecule has 3 aromatic heterocycles. The first-order chi connectivity index (χ1) is 14.1. The SMILES string of the molecule is CCc1cc2ncc(CN3CC(Nc4ccc(C(=O)NC)nc4)C3)cc2[nH]c1=O. The average Bonchev–Trinajstić information content (AvgIpc) is 2.71. The molecule has 0 unspecified atom stereocenters. The molecular formula is C21H24N6O2. The van der Waals surface area contributed by atoms with Crippen molar-refractivity contribution in [2.75, 3.05) is 25.5 Å². The minimum Gasteiger partial charge on any atom is -0.378 e. The van der Waals surface area contributed by atoms with E-state index in [2.05, 4.69) is 30.5 Å². The Hall–Kier alpha value is -3.26. The quantitative estimate of drug-likeness (QED) is 0.588.